The summed E-state index contributed by atoms with van der Waals surface area (Å²) in [5, 5.41) is 18.1. The van der Waals surface area contributed by atoms with E-state index in [1.165, 1.54) is 31.2 Å². The van der Waals surface area contributed by atoms with E-state index in [1.54, 1.807) is 0 Å². The third-order valence-corrected chi connectivity index (χ3v) is 4.69. The molecule has 19 heavy (non-hydrogen) atoms. The van der Waals surface area contributed by atoms with Gasteiger partial charge in [-0.2, -0.15) is 0 Å². The van der Waals surface area contributed by atoms with Gasteiger partial charge in [0.2, 0.25) is 0 Å². The molecule has 0 aromatic heterocycles. The minimum atomic E-state index is -3.65. The van der Waals surface area contributed by atoms with E-state index >= 15 is 0 Å². The quantitative estimate of drug-likeness (QED) is 0.624. The van der Waals surface area contributed by atoms with Crippen LogP contribution >= 0.6 is 0 Å². The molecule has 1 atom stereocenters. The van der Waals surface area contributed by atoms with Gasteiger partial charge in [0, 0.05) is 12.1 Å². The molecule has 0 aliphatic rings. The molecule has 1 aromatic rings. The minimum Gasteiger partial charge on any atom is -0.481 e. The summed E-state index contributed by atoms with van der Waals surface area (Å²) in [5.74, 6) is -1.61. The molecule has 1 N–H and O–H groups in total. The van der Waals surface area contributed by atoms with Gasteiger partial charge >= 0.3 is 5.97 Å². The van der Waals surface area contributed by atoms with Gasteiger partial charge in [-0.1, -0.05) is 12.1 Å². The molecule has 0 aliphatic carbocycles. The molecule has 0 amide bonds. The average molecular weight is 287 g/mol. The zero-order chi connectivity index (χ0) is 14.6. The standard InChI is InChI=1S/C11H13NO6S/c1-8(5-11(13)14)19(17,18)7-9-3-2-4-10(6-9)12(15)16/h2-4,6,8H,5,7H2,1H3,(H,13,14). The number of non-ortho nitro benzene ring substituents is 1. The molecular formula is C11H13NO6S. The summed E-state index contributed by atoms with van der Waals surface area (Å²) in [6.07, 6.45) is -0.489. The van der Waals surface area contributed by atoms with Gasteiger partial charge in [-0.3, -0.25) is 14.9 Å². The summed E-state index contributed by atoms with van der Waals surface area (Å²) in [7, 11) is -3.65. The van der Waals surface area contributed by atoms with Gasteiger partial charge in [-0.25, -0.2) is 8.42 Å². The predicted octanol–water partition coefficient (Wildman–Crippen LogP) is 1.37. The number of aliphatic carboxylic acids is 1. The number of benzene rings is 1. The Labute approximate surface area is 109 Å². The van der Waals surface area contributed by atoms with Gasteiger partial charge in [-0.05, 0) is 12.5 Å². The number of carboxylic acid groups (broad SMARTS) is 1. The molecule has 0 heterocycles. The predicted molar refractivity (Wildman–Crippen MR) is 67.4 cm³/mol. The summed E-state index contributed by atoms with van der Waals surface area (Å²) in [6, 6.07) is 5.28. The lowest BCUT2D eigenvalue weighted by Crippen LogP contribution is -2.22. The lowest BCUT2D eigenvalue weighted by atomic mass is 10.2. The molecule has 0 bridgehead atoms. The molecule has 0 aliphatic heterocycles. The fraction of sp³-hybridized carbons (Fsp3) is 0.364. The van der Waals surface area contributed by atoms with E-state index in [0.29, 0.717) is 0 Å². The lowest BCUT2D eigenvalue weighted by molar-refractivity contribution is -0.384. The summed E-state index contributed by atoms with van der Waals surface area (Å²) in [6.45, 7) is 1.31. The number of nitro groups is 1. The number of hydrogen-bond donors (Lipinski definition) is 1. The first-order valence-corrected chi connectivity index (χ1v) is 7.10. The molecule has 104 valence electrons. The summed E-state index contributed by atoms with van der Waals surface area (Å²) in [4.78, 5) is 20.5. The van der Waals surface area contributed by atoms with Crippen LogP contribution in [0.25, 0.3) is 0 Å². The van der Waals surface area contributed by atoms with Gasteiger partial charge in [0.05, 0.1) is 22.3 Å². The highest BCUT2D eigenvalue weighted by molar-refractivity contribution is 7.91. The molecule has 1 rings (SSSR count). The van der Waals surface area contributed by atoms with Crippen LogP contribution in [0.2, 0.25) is 0 Å². The lowest BCUT2D eigenvalue weighted by Gasteiger charge is -2.10. The van der Waals surface area contributed by atoms with Crippen LogP contribution in [0.4, 0.5) is 5.69 Å². The first kappa shape index (κ1) is 15.1. The third-order valence-electron chi connectivity index (χ3n) is 2.56. The van der Waals surface area contributed by atoms with E-state index in [9.17, 15) is 23.3 Å². The molecule has 1 aromatic carbocycles. The van der Waals surface area contributed by atoms with E-state index in [4.69, 9.17) is 5.11 Å². The van der Waals surface area contributed by atoms with Crippen LogP contribution in [-0.4, -0.2) is 29.7 Å². The Bertz CT molecular complexity index is 595. The number of nitrogens with zero attached hydrogens (tertiary/aromatic N) is 1. The highest BCUT2D eigenvalue weighted by Gasteiger charge is 2.24. The van der Waals surface area contributed by atoms with E-state index in [1.807, 2.05) is 0 Å². The van der Waals surface area contributed by atoms with Crippen molar-refractivity contribution in [1.82, 2.24) is 0 Å². The molecule has 1 unspecified atom stereocenters. The Balaban J connectivity index is 2.92. The second kappa shape index (κ2) is 5.79. The van der Waals surface area contributed by atoms with E-state index in [-0.39, 0.29) is 11.3 Å². The van der Waals surface area contributed by atoms with Crippen molar-refractivity contribution < 1.29 is 23.2 Å². The topological polar surface area (TPSA) is 115 Å². The van der Waals surface area contributed by atoms with Gasteiger partial charge in [-0.15, -0.1) is 0 Å². The monoisotopic (exact) mass is 287 g/mol. The maximum Gasteiger partial charge on any atom is 0.304 e. The number of carbonyl (C=O) groups is 1. The number of rotatable bonds is 6. The molecule has 7 nitrogen and oxygen atoms in total. The molecule has 0 radical (unpaired) electrons. The van der Waals surface area contributed by atoms with Gasteiger partial charge < -0.3 is 5.11 Å². The zero-order valence-electron chi connectivity index (χ0n) is 10.1. The third kappa shape index (κ3) is 4.32. The Kier molecular flexibility index (Phi) is 4.60. The second-order valence-corrected chi connectivity index (χ2v) is 6.56. The Morgan fingerprint density at radius 2 is 2.11 bits per heavy atom. The zero-order valence-corrected chi connectivity index (χ0v) is 11.0. The van der Waals surface area contributed by atoms with E-state index < -0.39 is 38.2 Å². The molecule has 0 spiro atoms. The van der Waals surface area contributed by atoms with Crippen molar-refractivity contribution in [3.63, 3.8) is 0 Å². The maximum atomic E-state index is 11.9. The Morgan fingerprint density at radius 1 is 1.47 bits per heavy atom. The summed E-state index contributed by atoms with van der Waals surface area (Å²) in [5.41, 5.74) is 0.0741. The number of hydrogen-bond acceptors (Lipinski definition) is 5. The maximum absolute atomic E-state index is 11.9. The number of carboxylic acids is 1. The van der Waals surface area contributed by atoms with E-state index in [0.717, 1.165) is 0 Å². The molecule has 8 heteroatoms. The number of nitro benzene ring substituents is 1. The fourth-order valence-electron chi connectivity index (χ4n) is 1.51. The minimum absolute atomic E-state index is 0.196. The number of sulfone groups is 1. The largest absolute Gasteiger partial charge is 0.481 e. The van der Waals surface area contributed by atoms with Gasteiger partial charge in [0.1, 0.15) is 0 Å². The van der Waals surface area contributed by atoms with Crippen molar-refractivity contribution in [2.45, 2.75) is 24.3 Å². The molecule has 0 fully saturated rings. The highest BCUT2D eigenvalue weighted by atomic mass is 32.2. The van der Waals surface area contributed by atoms with Crippen LogP contribution < -0.4 is 0 Å². The second-order valence-electron chi connectivity index (χ2n) is 4.14. The smallest absolute Gasteiger partial charge is 0.304 e. The van der Waals surface area contributed by atoms with Crippen molar-refractivity contribution in [3.05, 3.63) is 39.9 Å². The van der Waals surface area contributed by atoms with Gasteiger partial charge in [0.15, 0.2) is 9.84 Å². The van der Waals surface area contributed by atoms with Crippen molar-refractivity contribution in [2.24, 2.45) is 0 Å². The van der Waals surface area contributed by atoms with Gasteiger partial charge in [0.25, 0.3) is 5.69 Å². The molecule has 0 saturated carbocycles. The normalized spacial score (nSPS) is 12.9. The fourth-order valence-corrected chi connectivity index (χ4v) is 2.83. The van der Waals surface area contributed by atoms with Crippen LogP contribution in [0, 0.1) is 10.1 Å². The van der Waals surface area contributed by atoms with Crippen molar-refractivity contribution >= 4 is 21.5 Å². The molecule has 0 saturated heterocycles. The van der Waals surface area contributed by atoms with Crippen molar-refractivity contribution in [3.8, 4) is 0 Å². The van der Waals surface area contributed by atoms with Crippen LogP contribution in [0.15, 0.2) is 24.3 Å². The van der Waals surface area contributed by atoms with Crippen LogP contribution in [0.5, 0.6) is 0 Å². The highest BCUT2D eigenvalue weighted by Crippen LogP contribution is 2.18. The van der Waals surface area contributed by atoms with Crippen LogP contribution in [-0.2, 0) is 20.4 Å². The Morgan fingerprint density at radius 3 is 2.63 bits per heavy atom. The Hall–Kier alpha value is -1.96. The summed E-state index contributed by atoms with van der Waals surface area (Å²) >= 11 is 0. The van der Waals surface area contributed by atoms with Crippen molar-refractivity contribution in [2.75, 3.05) is 0 Å². The first-order valence-electron chi connectivity index (χ1n) is 5.39. The van der Waals surface area contributed by atoms with Crippen molar-refractivity contribution in [1.29, 1.82) is 0 Å². The van der Waals surface area contributed by atoms with Crippen LogP contribution in [0.3, 0.4) is 0 Å². The SMILES string of the molecule is CC(CC(=O)O)S(=O)(=O)Cc1cccc([N+](=O)[O-])c1. The van der Waals surface area contributed by atoms with E-state index in [2.05, 4.69) is 0 Å². The summed E-state index contributed by atoms with van der Waals surface area (Å²) < 4.78 is 23.8. The van der Waals surface area contributed by atoms with Crippen LogP contribution in [0.1, 0.15) is 18.9 Å². The molecular weight excluding hydrogens is 274 g/mol. The first-order chi connectivity index (χ1) is 8.72. The average Bonchev–Trinajstić information content (AvgIpc) is 2.27.